The number of anilines is 2. The summed E-state index contributed by atoms with van der Waals surface area (Å²) in [5.41, 5.74) is 2.68. The van der Waals surface area contributed by atoms with Crippen LogP contribution in [0.5, 0.6) is 0 Å². The van der Waals surface area contributed by atoms with Gasteiger partial charge in [-0.1, -0.05) is 0 Å². The first-order valence-electron chi connectivity index (χ1n) is 10.9. The topological polar surface area (TPSA) is 101 Å². The van der Waals surface area contributed by atoms with Crippen molar-refractivity contribution in [1.82, 2.24) is 14.9 Å². The zero-order chi connectivity index (χ0) is 24.1. The van der Waals surface area contributed by atoms with Crippen LogP contribution in [0, 0.1) is 6.92 Å². The summed E-state index contributed by atoms with van der Waals surface area (Å²) in [6, 6.07) is 11.2. The molecule has 3 heterocycles. The van der Waals surface area contributed by atoms with E-state index in [4.69, 9.17) is 9.15 Å². The van der Waals surface area contributed by atoms with E-state index >= 15 is 0 Å². The Morgan fingerprint density at radius 3 is 2.53 bits per heavy atom. The molecule has 0 unspecified atom stereocenters. The highest BCUT2D eigenvalue weighted by atomic mass is 32.2. The molecular weight excluding hydrogens is 454 g/mol. The van der Waals surface area contributed by atoms with Gasteiger partial charge in [-0.3, -0.25) is 9.59 Å². The van der Waals surface area contributed by atoms with E-state index in [9.17, 15) is 9.59 Å². The largest absolute Gasteiger partial charge is 0.461 e. The van der Waals surface area contributed by atoms with Crippen LogP contribution >= 0.6 is 11.8 Å². The minimum absolute atomic E-state index is 0.1000. The number of rotatable bonds is 7. The number of ether oxygens (including phenoxy) is 1. The summed E-state index contributed by atoms with van der Waals surface area (Å²) < 4.78 is 10.8. The first-order valence-corrected chi connectivity index (χ1v) is 12.1. The van der Waals surface area contributed by atoms with E-state index in [-0.39, 0.29) is 18.4 Å². The molecule has 1 aliphatic heterocycles. The van der Waals surface area contributed by atoms with Crippen molar-refractivity contribution in [2.24, 2.45) is 0 Å². The van der Waals surface area contributed by atoms with Gasteiger partial charge >= 0.3 is 0 Å². The Morgan fingerprint density at radius 1 is 1.15 bits per heavy atom. The molecule has 1 aliphatic rings. The Bertz CT molecular complexity index is 1140. The summed E-state index contributed by atoms with van der Waals surface area (Å²) in [5, 5.41) is 3.39. The maximum atomic E-state index is 13.2. The molecule has 0 radical (unpaired) electrons. The number of thioether (sulfide) groups is 1. The summed E-state index contributed by atoms with van der Waals surface area (Å²) in [7, 11) is 1.59. The lowest BCUT2D eigenvalue weighted by Gasteiger charge is -2.28. The minimum Gasteiger partial charge on any atom is -0.461 e. The molecule has 1 saturated heterocycles. The smallest absolute Gasteiger partial charge is 0.258 e. The number of aryl methyl sites for hydroxylation is 1. The van der Waals surface area contributed by atoms with E-state index in [0.29, 0.717) is 46.8 Å². The molecule has 2 aromatic heterocycles. The molecule has 1 fully saturated rings. The number of hydrogen-bond acceptors (Lipinski definition) is 8. The summed E-state index contributed by atoms with van der Waals surface area (Å²) in [6.45, 7) is 4.78. The lowest BCUT2D eigenvalue weighted by molar-refractivity contribution is -0.116. The Labute approximate surface area is 202 Å². The fourth-order valence-corrected chi connectivity index (χ4v) is 4.33. The monoisotopic (exact) mass is 481 g/mol. The molecule has 0 atom stereocenters. The number of aromatic nitrogens is 2. The van der Waals surface area contributed by atoms with Crippen LogP contribution < -0.4 is 10.2 Å². The second kappa shape index (κ2) is 10.7. The van der Waals surface area contributed by atoms with Crippen LogP contribution in [0.15, 0.2) is 52.1 Å². The first-order chi connectivity index (χ1) is 16.5. The van der Waals surface area contributed by atoms with Gasteiger partial charge in [0.1, 0.15) is 5.03 Å². The lowest BCUT2D eigenvalue weighted by atomic mass is 10.2. The van der Waals surface area contributed by atoms with E-state index in [1.807, 2.05) is 30.5 Å². The maximum absolute atomic E-state index is 13.2. The van der Waals surface area contributed by atoms with Gasteiger partial charge in [-0.2, -0.15) is 0 Å². The van der Waals surface area contributed by atoms with Crippen molar-refractivity contribution >= 4 is 35.0 Å². The van der Waals surface area contributed by atoms with Gasteiger partial charge in [0.2, 0.25) is 5.91 Å². The number of hydrogen-bond donors (Lipinski definition) is 1. The Balaban J connectivity index is 1.40. The average molecular weight is 482 g/mol. The SMILES string of the molecule is CSc1nc(-c2ccco2)nc(C)c1C(=O)N(C)CC(=O)Nc1ccc(N2CCOCC2)cc1. The van der Waals surface area contributed by atoms with Gasteiger partial charge in [0.25, 0.3) is 5.91 Å². The van der Waals surface area contributed by atoms with E-state index < -0.39 is 0 Å². The third kappa shape index (κ3) is 5.40. The molecule has 0 bridgehead atoms. The third-order valence-electron chi connectivity index (χ3n) is 5.46. The average Bonchev–Trinajstić information content (AvgIpc) is 3.39. The molecule has 4 rings (SSSR count). The van der Waals surface area contributed by atoms with Gasteiger partial charge in [0.15, 0.2) is 11.6 Å². The normalized spacial score (nSPS) is 13.6. The number of amides is 2. The summed E-state index contributed by atoms with van der Waals surface area (Å²) in [6.07, 6.45) is 3.40. The zero-order valence-corrected chi connectivity index (χ0v) is 20.2. The van der Waals surface area contributed by atoms with Crippen LogP contribution in [0.1, 0.15) is 16.1 Å². The van der Waals surface area contributed by atoms with Gasteiger partial charge in [0.05, 0.1) is 37.3 Å². The van der Waals surface area contributed by atoms with Crippen LogP contribution in [0.3, 0.4) is 0 Å². The van der Waals surface area contributed by atoms with Crippen LogP contribution in [0.4, 0.5) is 11.4 Å². The number of nitrogens with zero attached hydrogens (tertiary/aromatic N) is 4. The van der Waals surface area contributed by atoms with Crippen LogP contribution in [-0.2, 0) is 9.53 Å². The fourth-order valence-electron chi connectivity index (χ4n) is 3.71. The molecule has 0 aliphatic carbocycles. The standard InChI is InChI=1S/C24H27N5O4S/c1-16-21(23(34-3)27-22(25-16)19-5-4-12-33-19)24(31)28(2)15-20(30)26-17-6-8-18(9-7-17)29-10-13-32-14-11-29/h4-9,12H,10-11,13-15H2,1-3H3,(H,26,30). The number of carbonyl (C=O) groups is 2. The van der Waals surface area contributed by atoms with E-state index in [1.165, 1.54) is 16.7 Å². The van der Waals surface area contributed by atoms with Crippen molar-refractivity contribution in [1.29, 1.82) is 0 Å². The van der Waals surface area contributed by atoms with Crippen LogP contribution in [-0.4, -0.2) is 72.8 Å². The second-order valence-electron chi connectivity index (χ2n) is 7.85. The summed E-state index contributed by atoms with van der Waals surface area (Å²) in [5.74, 6) is 0.353. The Morgan fingerprint density at radius 2 is 1.88 bits per heavy atom. The summed E-state index contributed by atoms with van der Waals surface area (Å²) in [4.78, 5) is 38.3. The van der Waals surface area contributed by atoms with E-state index in [1.54, 1.807) is 32.4 Å². The highest BCUT2D eigenvalue weighted by Gasteiger charge is 2.24. The van der Waals surface area contributed by atoms with E-state index in [2.05, 4.69) is 20.2 Å². The highest BCUT2D eigenvalue weighted by molar-refractivity contribution is 7.98. The number of nitrogens with one attached hydrogen (secondary N) is 1. The molecule has 2 amide bonds. The van der Waals surface area contributed by atoms with Gasteiger partial charge < -0.3 is 24.3 Å². The molecule has 3 aromatic rings. The molecule has 9 nitrogen and oxygen atoms in total. The van der Waals surface area contributed by atoms with Crippen molar-refractivity contribution < 1.29 is 18.7 Å². The number of morpholine rings is 1. The van der Waals surface area contributed by atoms with Crippen LogP contribution in [0.25, 0.3) is 11.6 Å². The number of furan rings is 1. The predicted octanol–water partition coefficient (Wildman–Crippen LogP) is 3.31. The van der Waals surface area contributed by atoms with Gasteiger partial charge in [-0.25, -0.2) is 9.97 Å². The molecule has 178 valence electrons. The summed E-state index contributed by atoms with van der Waals surface area (Å²) >= 11 is 1.35. The Kier molecular flexibility index (Phi) is 7.49. The third-order valence-corrected chi connectivity index (χ3v) is 6.14. The number of likely N-dealkylation sites (N-methyl/N-ethyl adjacent to an activating group) is 1. The minimum atomic E-state index is -0.314. The molecule has 0 saturated carbocycles. The molecule has 10 heteroatoms. The van der Waals surface area contributed by atoms with Crippen molar-refractivity contribution in [2.75, 3.05) is 56.4 Å². The van der Waals surface area contributed by atoms with E-state index in [0.717, 1.165) is 18.8 Å². The van der Waals surface area contributed by atoms with Gasteiger partial charge in [-0.05, 0) is 49.6 Å². The van der Waals surface area contributed by atoms with Crippen molar-refractivity contribution in [3.05, 3.63) is 53.9 Å². The quantitative estimate of drug-likeness (QED) is 0.405. The van der Waals surface area contributed by atoms with Crippen molar-refractivity contribution in [3.63, 3.8) is 0 Å². The second-order valence-corrected chi connectivity index (χ2v) is 8.64. The van der Waals surface area contributed by atoms with Gasteiger partial charge in [-0.15, -0.1) is 11.8 Å². The maximum Gasteiger partial charge on any atom is 0.258 e. The zero-order valence-electron chi connectivity index (χ0n) is 19.4. The number of benzene rings is 1. The molecule has 1 N–H and O–H groups in total. The lowest BCUT2D eigenvalue weighted by Crippen LogP contribution is -2.36. The van der Waals surface area contributed by atoms with Crippen LogP contribution in [0.2, 0.25) is 0 Å². The number of carbonyl (C=O) groups excluding carboxylic acids is 2. The molecule has 34 heavy (non-hydrogen) atoms. The predicted molar refractivity (Wildman–Crippen MR) is 131 cm³/mol. The molecule has 0 spiro atoms. The Hall–Kier alpha value is -3.37. The first kappa shape index (κ1) is 23.8. The fraction of sp³-hybridized carbons (Fsp3) is 0.333. The molecular formula is C24H27N5O4S. The van der Waals surface area contributed by atoms with Crippen molar-refractivity contribution in [3.8, 4) is 11.6 Å². The highest BCUT2D eigenvalue weighted by Crippen LogP contribution is 2.26. The molecule has 1 aromatic carbocycles. The van der Waals surface area contributed by atoms with Crippen molar-refractivity contribution in [2.45, 2.75) is 11.9 Å². The van der Waals surface area contributed by atoms with Gasteiger partial charge in [0, 0.05) is 31.5 Å².